The van der Waals surface area contributed by atoms with Crippen molar-refractivity contribution in [3.8, 4) is 5.75 Å². The van der Waals surface area contributed by atoms with E-state index in [1.807, 2.05) is 0 Å². The standard InChI is InChI=1S/C20H23N3O3.ClH/c1-26-17-10-8-15(9-11-17)22-18(24)14-4-6-16(7-5-14)23-19(25)20(21)12-2-3-13-20;/h4-11H,2-3,12-13,21H2,1H3,(H,22,24)(H,23,25);1H. The zero-order valence-electron chi connectivity index (χ0n) is 15.2. The quantitative estimate of drug-likeness (QED) is 0.728. The minimum absolute atomic E-state index is 0. The van der Waals surface area contributed by atoms with Gasteiger partial charge in [0.25, 0.3) is 5.91 Å². The molecule has 6 nitrogen and oxygen atoms in total. The molecule has 3 rings (SSSR count). The highest BCUT2D eigenvalue weighted by atomic mass is 35.5. The van der Waals surface area contributed by atoms with Gasteiger partial charge < -0.3 is 21.1 Å². The molecule has 0 aliphatic heterocycles. The third kappa shape index (κ3) is 4.99. The zero-order valence-corrected chi connectivity index (χ0v) is 16.0. The maximum absolute atomic E-state index is 12.3. The van der Waals surface area contributed by atoms with Crippen LogP contribution in [0.5, 0.6) is 5.75 Å². The number of ether oxygens (including phenoxy) is 1. The second-order valence-electron chi connectivity index (χ2n) is 6.58. The molecule has 4 N–H and O–H groups in total. The summed E-state index contributed by atoms with van der Waals surface area (Å²) in [5.74, 6) is 0.340. The van der Waals surface area contributed by atoms with Crippen molar-refractivity contribution in [3.63, 3.8) is 0 Å². The fourth-order valence-corrected chi connectivity index (χ4v) is 3.07. The van der Waals surface area contributed by atoms with Gasteiger partial charge in [0.15, 0.2) is 0 Å². The molecular weight excluding hydrogens is 366 g/mol. The van der Waals surface area contributed by atoms with Gasteiger partial charge in [-0.2, -0.15) is 0 Å². The maximum Gasteiger partial charge on any atom is 0.255 e. The van der Waals surface area contributed by atoms with Crippen LogP contribution in [-0.2, 0) is 4.79 Å². The predicted molar refractivity (Wildman–Crippen MR) is 109 cm³/mol. The first-order chi connectivity index (χ1) is 12.5. The first-order valence-electron chi connectivity index (χ1n) is 8.66. The normalized spacial score (nSPS) is 14.7. The van der Waals surface area contributed by atoms with Crippen LogP contribution in [0.2, 0.25) is 0 Å². The Balaban J connectivity index is 0.00000261. The second kappa shape index (κ2) is 8.88. The van der Waals surface area contributed by atoms with Gasteiger partial charge in [0.2, 0.25) is 5.91 Å². The fourth-order valence-electron chi connectivity index (χ4n) is 3.07. The Kier molecular flexibility index (Phi) is 6.82. The van der Waals surface area contributed by atoms with E-state index in [1.165, 1.54) is 0 Å². The number of benzene rings is 2. The summed E-state index contributed by atoms with van der Waals surface area (Å²) < 4.78 is 5.09. The third-order valence-corrected chi connectivity index (χ3v) is 4.70. The molecule has 0 heterocycles. The molecule has 0 unspecified atom stereocenters. The molecule has 144 valence electrons. The Hall–Kier alpha value is -2.57. The van der Waals surface area contributed by atoms with E-state index in [1.54, 1.807) is 55.6 Å². The van der Waals surface area contributed by atoms with Gasteiger partial charge in [0.1, 0.15) is 5.75 Å². The number of amides is 2. The van der Waals surface area contributed by atoms with Crippen LogP contribution in [0, 0.1) is 0 Å². The van der Waals surface area contributed by atoms with Crippen LogP contribution in [0.3, 0.4) is 0 Å². The number of anilines is 2. The lowest BCUT2D eigenvalue weighted by molar-refractivity contribution is -0.121. The molecule has 1 saturated carbocycles. The summed E-state index contributed by atoms with van der Waals surface area (Å²) in [6, 6.07) is 13.9. The summed E-state index contributed by atoms with van der Waals surface area (Å²) in [7, 11) is 1.59. The third-order valence-electron chi connectivity index (χ3n) is 4.70. The molecule has 1 aliphatic carbocycles. The second-order valence-corrected chi connectivity index (χ2v) is 6.58. The minimum atomic E-state index is -0.773. The number of nitrogens with two attached hydrogens (primary N) is 1. The molecule has 1 fully saturated rings. The van der Waals surface area contributed by atoms with E-state index in [-0.39, 0.29) is 24.2 Å². The molecule has 27 heavy (non-hydrogen) atoms. The molecule has 0 spiro atoms. The van der Waals surface area contributed by atoms with E-state index in [4.69, 9.17) is 10.5 Å². The number of halogens is 1. The van der Waals surface area contributed by atoms with Crippen LogP contribution < -0.4 is 21.1 Å². The average molecular weight is 390 g/mol. The number of nitrogens with one attached hydrogen (secondary N) is 2. The summed E-state index contributed by atoms with van der Waals surface area (Å²) in [6.07, 6.45) is 3.38. The largest absolute Gasteiger partial charge is 0.497 e. The highest BCUT2D eigenvalue weighted by Gasteiger charge is 2.36. The van der Waals surface area contributed by atoms with Gasteiger partial charge in [-0.05, 0) is 61.4 Å². The Morgan fingerprint density at radius 1 is 0.926 bits per heavy atom. The molecular formula is C20H24ClN3O3. The van der Waals surface area contributed by atoms with Crippen LogP contribution in [0.1, 0.15) is 36.0 Å². The fraction of sp³-hybridized carbons (Fsp3) is 0.300. The van der Waals surface area contributed by atoms with E-state index in [2.05, 4.69) is 10.6 Å². The van der Waals surface area contributed by atoms with Crippen LogP contribution in [-0.4, -0.2) is 24.5 Å². The van der Waals surface area contributed by atoms with Gasteiger partial charge in [-0.25, -0.2) is 0 Å². The Morgan fingerprint density at radius 2 is 1.44 bits per heavy atom. The van der Waals surface area contributed by atoms with Crippen molar-refractivity contribution in [1.82, 2.24) is 0 Å². The first kappa shape index (κ1) is 20.7. The van der Waals surface area contributed by atoms with Crippen LogP contribution >= 0.6 is 12.4 Å². The van der Waals surface area contributed by atoms with Gasteiger partial charge in [-0.15, -0.1) is 12.4 Å². The van der Waals surface area contributed by atoms with E-state index < -0.39 is 5.54 Å². The van der Waals surface area contributed by atoms with Crippen molar-refractivity contribution in [2.45, 2.75) is 31.2 Å². The summed E-state index contributed by atoms with van der Waals surface area (Å²) in [5, 5.41) is 5.66. The molecule has 2 amide bonds. The molecule has 0 atom stereocenters. The molecule has 2 aromatic carbocycles. The smallest absolute Gasteiger partial charge is 0.255 e. The topological polar surface area (TPSA) is 93.5 Å². The lowest BCUT2D eigenvalue weighted by Crippen LogP contribution is -2.48. The van der Waals surface area contributed by atoms with Crippen molar-refractivity contribution >= 4 is 35.6 Å². The van der Waals surface area contributed by atoms with Crippen molar-refractivity contribution in [2.75, 3.05) is 17.7 Å². The van der Waals surface area contributed by atoms with Gasteiger partial charge in [0.05, 0.1) is 12.6 Å². The number of rotatable bonds is 5. The SMILES string of the molecule is COc1ccc(NC(=O)c2ccc(NC(=O)C3(N)CCCC3)cc2)cc1.Cl. The van der Waals surface area contributed by atoms with Crippen LogP contribution in [0.4, 0.5) is 11.4 Å². The summed E-state index contributed by atoms with van der Waals surface area (Å²) in [4.78, 5) is 24.6. The van der Waals surface area contributed by atoms with Crippen LogP contribution in [0.25, 0.3) is 0 Å². The van der Waals surface area contributed by atoms with Gasteiger partial charge in [-0.3, -0.25) is 9.59 Å². The summed E-state index contributed by atoms with van der Waals surface area (Å²) in [5.41, 5.74) is 7.19. The van der Waals surface area contributed by atoms with Crippen molar-refractivity contribution in [1.29, 1.82) is 0 Å². The summed E-state index contributed by atoms with van der Waals surface area (Å²) >= 11 is 0. The van der Waals surface area contributed by atoms with Crippen molar-refractivity contribution in [3.05, 3.63) is 54.1 Å². The van der Waals surface area contributed by atoms with Crippen LogP contribution in [0.15, 0.2) is 48.5 Å². The van der Waals surface area contributed by atoms with Gasteiger partial charge in [0, 0.05) is 16.9 Å². The van der Waals surface area contributed by atoms with Gasteiger partial charge >= 0.3 is 0 Å². The Labute approximate surface area is 164 Å². The Morgan fingerprint density at radius 3 is 2.00 bits per heavy atom. The van der Waals surface area contributed by atoms with Gasteiger partial charge in [-0.1, -0.05) is 12.8 Å². The van der Waals surface area contributed by atoms with Crippen molar-refractivity contribution in [2.24, 2.45) is 5.73 Å². The number of methoxy groups -OCH3 is 1. The lowest BCUT2D eigenvalue weighted by Gasteiger charge is -2.22. The maximum atomic E-state index is 12.3. The number of hydrogen-bond donors (Lipinski definition) is 3. The average Bonchev–Trinajstić information content (AvgIpc) is 3.11. The molecule has 0 aromatic heterocycles. The number of hydrogen-bond acceptors (Lipinski definition) is 4. The molecule has 2 aromatic rings. The lowest BCUT2D eigenvalue weighted by atomic mass is 9.98. The predicted octanol–water partition coefficient (Wildman–Crippen LogP) is 3.58. The van der Waals surface area contributed by atoms with E-state index in [9.17, 15) is 9.59 Å². The highest BCUT2D eigenvalue weighted by Crippen LogP contribution is 2.28. The summed E-state index contributed by atoms with van der Waals surface area (Å²) in [6.45, 7) is 0. The molecule has 1 aliphatic rings. The zero-order chi connectivity index (χ0) is 18.6. The number of carbonyl (C=O) groups excluding carboxylic acids is 2. The van der Waals surface area contributed by atoms with E-state index >= 15 is 0 Å². The Bertz CT molecular complexity index is 785. The van der Waals surface area contributed by atoms with Crippen molar-refractivity contribution < 1.29 is 14.3 Å². The monoisotopic (exact) mass is 389 g/mol. The van der Waals surface area contributed by atoms with E-state index in [0.29, 0.717) is 29.8 Å². The molecule has 0 bridgehead atoms. The minimum Gasteiger partial charge on any atom is -0.497 e. The molecule has 0 radical (unpaired) electrons. The first-order valence-corrected chi connectivity index (χ1v) is 8.66. The molecule has 7 heteroatoms. The molecule has 0 saturated heterocycles. The highest BCUT2D eigenvalue weighted by molar-refractivity contribution is 6.05. The number of carbonyl (C=O) groups is 2. The van der Waals surface area contributed by atoms with E-state index in [0.717, 1.165) is 18.6 Å².